The predicted molar refractivity (Wildman–Crippen MR) is 81.6 cm³/mol. The van der Waals surface area contributed by atoms with Gasteiger partial charge < -0.3 is 14.4 Å². The molecule has 116 valence electrons. The van der Waals surface area contributed by atoms with Crippen LogP contribution in [-0.2, 0) is 6.42 Å². The smallest absolute Gasteiger partial charge is 0.291 e. The number of rotatable bonds is 4. The monoisotopic (exact) mass is 300 g/mol. The molecule has 1 amide bonds. The summed E-state index contributed by atoms with van der Waals surface area (Å²) in [5, 5.41) is 9.53. The fourth-order valence-corrected chi connectivity index (χ4v) is 3.08. The summed E-state index contributed by atoms with van der Waals surface area (Å²) in [5.74, 6) is 0.526. The van der Waals surface area contributed by atoms with Gasteiger partial charge in [0.1, 0.15) is 5.75 Å². The molecule has 5 nitrogen and oxygen atoms in total. The number of hydrogen-bond donors (Lipinski definition) is 1. The SMILES string of the molecule is O=C(c1cnco1)N1CCCCC1CCc1cccc(O)c1. The van der Waals surface area contributed by atoms with E-state index < -0.39 is 0 Å². The van der Waals surface area contributed by atoms with E-state index in [9.17, 15) is 9.90 Å². The van der Waals surface area contributed by atoms with Crippen molar-refractivity contribution in [3.8, 4) is 5.75 Å². The highest BCUT2D eigenvalue weighted by molar-refractivity contribution is 5.91. The third-order valence-corrected chi connectivity index (χ3v) is 4.21. The van der Waals surface area contributed by atoms with Gasteiger partial charge >= 0.3 is 0 Å². The zero-order valence-electron chi connectivity index (χ0n) is 12.4. The van der Waals surface area contributed by atoms with Crippen LogP contribution >= 0.6 is 0 Å². The van der Waals surface area contributed by atoms with E-state index in [1.54, 1.807) is 12.1 Å². The minimum atomic E-state index is -0.0712. The fraction of sp³-hybridized carbons (Fsp3) is 0.412. The molecule has 1 fully saturated rings. The maximum absolute atomic E-state index is 12.5. The van der Waals surface area contributed by atoms with Crippen LogP contribution in [0.3, 0.4) is 0 Å². The number of phenolic OH excluding ortho intramolecular Hbond substituents is 1. The summed E-state index contributed by atoms with van der Waals surface area (Å²) in [6, 6.07) is 7.53. The van der Waals surface area contributed by atoms with Crippen LogP contribution in [0.15, 0.2) is 41.3 Å². The highest BCUT2D eigenvalue weighted by Gasteiger charge is 2.28. The Bertz CT molecular complexity index is 625. The number of oxazole rings is 1. The molecule has 1 aliphatic heterocycles. The van der Waals surface area contributed by atoms with Gasteiger partial charge in [-0.2, -0.15) is 0 Å². The Morgan fingerprint density at radius 1 is 1.41 bits per heavy atom. The summed E-state index contributed by atoms with van der Waals surface area (Å²) < 4.78 is 5.14. The maximum atomic E-state index is 12.5. The fourth-order valence-electron chi connectivity index (χ4n) is 3.08. The second kappa shape index (κ2) is 6.64. The molecule has 0 saturated carbocycles. The molecule has 2 heterocycles. The molecule has 22 heavy (non-hydrogen) atoms. The van der Waals surface area contributed by atoms with Gasteiger partial charge in [-0.05, 0) is 49.8 Å². The van der Waals surface area contributed by atoms with Gasteiger partial charge in [0.2, 0.25) is 5.76 Å². The Balaban J connectivity index is 1.66. The standard InChI is InChI=1S/C17H20N2O3/c20-15-6-3-4-13(10-15)7-8-14-5-1-2-9-19(14)17(21)16-11-18-12-22-16/h3-4,6,10-12,14,20H,1-2,5,7-9H2. The number of hydrogen-bond acceptors (Lipinski definition) is 4. The lowest BCUT2D eigenvalue weighted by Gasteiger charge is -2.35. The molecule has 1 unspecified atom stereocenters. The number of carbonyl (C=O) groups excluding carboxylic acids is 1. The second-order valence-corrected chi connectivity index (χ2v) is 5.72. The minimum Gasteiger partial charge on any atom is -0.508 e. The van der Waals surface area contributed by atoms with Crippen molar-refractivity contribution in [1.82, 2.24) is 9.88 Å². The lowest BCUT2D eigenvalue weighted by atomic mass is 9.95. The van der Waals surface area contributed by atoms with Gasteiger partial charge in [0.05, 0.1) is 6.20 Å². The number of nitrogens with zero attached hydrogens (tertiary/aromatic N) is 2. The molecule has 0 spiro atoms. The van der Waals surface area contributed by atoms with Crippen molar-refractivity contribution >= 4 is 5.91 Å². The maximum Gasteiger partial charge on any atom is 0.291 e. The van der Waals surface area contributed by atoms with Crippen molar-refractivity contribution in [1.29, 1.82) is 0 Å². The lowest BCUT2D eigenvalue weighted by Crippen LogP contribution is -2.43. The summed E-state index contributed by atoms with van der Waals surface area (Å²) in [7, 11) is 0. The molecule has 1 aromatic heterocycles. The largest absolute Gasteiger partial charge is 0.508 e. The van der Waals surface area contributed by atoms with Gasteiger partial charge in [-0.1, -0.05) is 12.1 Å². The number of piperidine rings is 1. The zero-order valence-corrected chi connectivity index (χ0v) is 12.4. The Morgan fingerprint density at radius 2 is 2.32 bits per heavy atom. The van der Waals surface area contributed by atoms with E-state index in [1.807, 2.05) is 17.0 Å². The van der Waals surface area contributed by atoms with Crippen LogP contribution < -0.4 is 0 Å². The first-order valence-corrected chi connectivity index (χ1v) is 7.71. The first-order valence-electron chi connectivity index (χ1n) is 7.71. The number of aromatic hydroxyl groups is 1. The Labute approximate surface area is 129 Å². The number of benzene rings is 1. The molecular formula is C17H20N2O3. The predicted octanol–water partition coefficient (Wildman–Crippen LogP) is 3.01. The molecule has 5 heteroatoms. The van der Waals surface area contributed by atoms with E-state index in [4.69, 9.17) is 4.42 Å². The first kappa shape index (κ1) is 14.6. The van der Waals surface area contributed by atoms with Crippen molar-refractivity contribution < 1.29 is 14.3 Å². The molecule has 1 atom stereocenters. The van der Waals surface area contributed by atoms with Crippen molar-refractivity contribution in [2.75, 3.05) is 6.54 Å². The minimum absolute atomic E-state index is 0.0712. The highest BCUT2D eigenvalue weighted by atomic mass is 16.3. The topological polar surface area (TPSA) is 66.6 Å². The summed E-state index contributed by atoms with van der Waals surface area (Å²) >= 11 is 0. The van der Waals surface area contributed by atoms with Crippen LogP contribution in [0.4, 0.5) is 0 Å². The third-order valence-electron chi connectivity index (χ3n) is 4.21. The zero-order chi connectivity index (χ0) is 15.4. The van der Waals surface area contributed by atoms with Gasteiger partial charge in [0, 0.05) is 12.6 Å². The first-order chi connectivity index (χ1) is 10.7. The van der Waals surface area contributed by atoms with Gasteiger partial charge in [-0.3, -0.25) is 4.79 Å². The van der Waals surface area contributed by atoms with E-state index in [2.05, 4.69) is 4.98 Å². The molecule has 3 rings (SSSR count). The Hall–Kier alpha value is -2.30. The van der Waals surface area contributed by atoms with Crippen LogP contribution in [0.2, 0.25) is 0 Å². The van der Waals surface area contributed by atoms with Crippen molar-refractivity contribution in [3.05, 3.63) is 48.2 Å². The molecule has 1 aromatic carbocycles. The molecular weight excluding hydrogens is 280 g/mol. The number of aromatic nitrogens is 1. The summed E-state index contributed by atoms with van der Waals surface area (Å²) in [4.78, 5) is 18.2. The van der Waals surface area contributed by atoms with Crippen LogP contribution in [0.5, 0.6) is 5.75 Å². The van der Waals surface area contributed by atoms with E-state index in [1.165, 1.54) is 12.6 Å². The highest BCUT2D eigenvalue weighted by Crippen LogP contribution is 2.24. The summed E-state index contributed by atoms with van der Waals surface area (Å²) in [6.45, 7) is 0.768. The van der Waals surface area contributed by atoms with E-state index >= 15 is 0 Å². The van der Waals surface area contributed by atoms with Crippen LogP contribution in [-0.4, -0.2) is 33.5 Å². The van der Waals surface area contributed by atoms with Gasteiger partial charge in [0.15, 0.2) is 6.39 Å². The van der Waals surface area contributed by atoms with Gasteiger partial charge in [0.25, 0.3) is 5.91 Å². The Kier molecular flexibility index (Phi) is 4.42. The lowest BCUT2D eigenvalue weighted by molar-refractivity contribution is 0.0569. The number of amides is 1. The molecule has 0 aliphatic carbocycles. The third kappa shape index (κ3) is 3.30. The quantitative estimate of drug-likeness (QED) is 0.942. The Morgan fingerprint density at radius 3 is 3.09 bits per heavy atom. The van der Waals surface area contributed by atoms with Crippen LogP contribution in [0.25, 0.3) is 0 Å². The average Bonchev–Trinajstić information content (AvgIpc) is 3.07. The molecule has 0 bridgehead atoms. The normalized spacial score (nSPS) is 18.4. The molecule has 2 aromatic rings. The van der Waals surface area contributed by atoms with E-state index in [0.717, 1.165) is 44.2 Å². The molecule has 0 radical (unpaired) electrons. The second-order valence-electron chi connectivity index (χ2n) is 5.72. The molecule has 1 saturated heterocycles. The van der Waals surface area contributed by atoms with E-state index in [-0.39, 0.29) is 17.7 Å². The molecule has 1 aliphatic rings. The summed E-state index contributed by atoms with van der Waals surface area (Å²) in [6.07, 6.45) is 7.69. The number of likely N-dealkylation sites (tertiary alicyclic amines) is 1. The number of carbonyl (C=O) groups is 1. The number of phenols is 1. The summed E-state index contributed by atoms with van der Waals surface area (Å²) in [5.41, 5.74) is 1.10. The average molecular weight is 300 g/mol. The van der Waals surface area contributed by atoms with Gasteiger partial charge in [-0.25, -0.2) is 4.98 Å². The molecule has 1 N–H and O–H groups in total. The van der Waals surface area contributed by atoms with Crippen LogP contribution in [0.1, 0.15) is 41.8 Å². The van der Waals surface area contributed by atoms with Crippen molar-refractivity contribution in [2.45, 2.75) is 38.1 Å². The van der Waals surface area contributed by atoms with Crippen molar-refractivity contribution in [2.24, 2.45) is 0 Å². The van der Waals surface area contributed by atoms with Crippen LogP contribution in [0, 0.1) is 0 Å². The van der Waals surface area contributed by atoms with Gasteiger partial charge in [-0.15, -0.1) is 0 Å². The van der Waals surface area contributed by atoms with Crippen molar-refractivity contribution in [3.63, 3.8) is 0 Å². The number of aryl methyl sites for hydroxylation is 1. The van der Waals surface area contributed by atoms with E-state index in [0.29, 0.717) is 5.76 Å².